The predicted molar refractivity (Wildman–Crippen MR) is 82.9 cm³/mol. The largest absolute Gasteiger partial charge is 0.478 e. The molecule has 0 aromatic rings. The van der Waals surface area contributed by atoms with Crippen LogP contribution in [0.3, 0.4) is 0 Å². The minimum Gasteiger partial charge on any atom is -0.478 e. The lowest BCUT2D eigenvalue weighted by Crippen LogP contribution is -2.26. The molecule has 2 N–H and O–H groups in total. The zero-order chi connectivity index (χ0) is 18.7. The van der Waals surface area contributed by atoms with Crippen molar-refractivity contribution in [3.8, 4) is 0 Å². The minimum absolute atomic E-state index is 0.254. The van der Waals surface area contributed by atoms with Gasteiger partial charge in [0.1, 0.15) is 6.10 Å². The minimum atomic E-state index is -1.29. The van der Waals surface area contributed by atoms with Gasteiger partial charge >= 0.3 is 17.9 Å². The van der Waals surface area contributed by atoms with E-state index in [2.05, 4.69) is 0 Å². The Morgan fingerprint density at radius 3 is 2.17 bits per heavy atom. The number of aliphatic carboxylic acids is 1. The Balaban J connectivity index is 4.26. The molecule has 0 heterocycles. The van der Waals surface area contributed by atoms with Crippen LogP contribution in [0.25, 0.3) is 0 Å². The second kappa shape index (κ2) is 11.1. The van der Waals surface area contributed by atoms with E-state index in [-0.39, 0.29) is 6.42 Å². The molecule has 0 saturated carbocycles. The van der Waals surface area contributed by atoms with Crippen LogP contribution in [0.5, 0.6) is 0 Å². The molecule has 8 nitrogen and oxygen atoms in total. The fraction of sp³-hybridized carbons (Fsp3) is 0.500. The lowest BCUT2D eigenvalue weighted by Gasteiger charge is -2.14. The van der Waals surface area contributed by atoms with Crippen molar-refractivity contribution in [3.05, 3.63) is 24.3 Å². The van der Waals surface area contributed by atoms with Gasteiger partial charge in [-0.05, 0) is 33.3 Å². The molecule has 24 heavy (non-hydrogen) atoms. The second-order valence-corrected chi connectivity index (χ2v) is 5.14. The molecule has 0 radical (unpaired) electrons. The maximum atomic E-state index is 11.6. The van der Waals surface area contributed by atoms with Crippen molar-refractivity contribution in [2.24, 2.45) is 0 Å². The fourth-order valence-electron chi connectivity index (χ4n) is 1.47. The van der Waals surface area contributed by atoms with Crippen LogP contribution in [0.2, 0.25) is 0 Å². The Kier molecular flexibility index (Phi) is 9.97. The number of hydrogen-bond donors (Lipinski definition) is 2. The fourth-order valence-corrected chi connectivity index (χ4v) is 1.47. The number of carboxylic acids is 1. The predicted octanol–water partition coefficient (Wildman–Crippen LogP) is 0.777. The zero-order valence-electron chi connectivity index (χ0n) is 13.8. The van der Waals surface area contributed by atoms with Gasteiger partial charge in [-0.15, -0.1) is 0 Å². The molecule has 134 valence electrons. The van der Waals surface area contributed by atoms with Gasteiger partial charge in [0.25, 0.3) is 0 Å². The average molecular weight is 342 g/mol. The third kappa shape index (κ3) is 11.1. The highest BCUT2D eigenvalue weighted by molar-refractivity contribution is 5.98. The first-order valence-corrected chi connectivity index (χ1v) is 7.31. The topological polar surface area (TPSA) is 127 Å². The van der Waals surface area contributed by atoms with E-state index in [1.54, 1.807) is 6.92 Å². The molecule has 0 aliphatic rings. The SMILES string of the molecule is C[C@H](O)C/C=C/C(=O)O[C@@H](C)CC(=O)O[C@@H](C)C(=O)/C=C/C(=O)O. The van der Waals surface area contributed by atoms with Crippen molar-refractivity contribution >= 4 is 23.7 Å². The van der Waals surface area contributed by atoms with E-state index in [0.717, 1.165) is 12.2 Å². The molecule has 0 amide bonds. The number of ether oxygens (including phenoxy) is 2. The first-order valence-electron chi connectivity index (χ1n) is 7.31. The Bertz CT molecular complexity index is 518. The normalized spacial score (nSPS) is 15.0. The molecule has 3 atom stereocenters. The quantitative estimate of drug-likeness (QED) is 0.440. The summed E-state index contributed by atoms with van der Waals surface area (Å²) in [6.45, 7) is 4.36. The number of carbonyl (C=O) groups is 4. The van der Waals surface area contributed by atoms with Crippen molar-refractivity contribution in [1.82, 2.24) is 0 Å². The maximum Gasteiger partial charge on any atom is 0.330 e. The third-order valence-electron chi connectivity index (χ3n) is 2.60. The average Bonchev–Trinajstić information content (AvgIpc) is 2.43. The highest BCUT2D eigenvalue weighted by atomic mass is 16.6. The van der Waals surface area contributed by atoms with Crippen molar-refractivity contribution in [2.45, 2.75) is 51.9 Å². The van der Waals surface area contributed by atoms with Crippen LogP contribution in [-0.4, -0.2) is 52.2 Å². The molecule has 0 aliphatic heterocycles. The molecule has 0 fully saturated rings. The summed E-state index contributed by atoms with van der Waals surface area (Å²) in [6.07, 6.45) is 1.62. The molecule has 0 spiro atoms. The molecule has 8 heteroatoms. The molecular weight excluding hydrogens is 320 g/mol. The Morgan fingerprint density at radius 2 is 1.62 bits per heavy atom. The van der Waals surface area contributed by atoms with Gasteiger partial charge in [-0.1, -0.05) is 6.08 Å². The van der Waals surface area contributed by atoms with E-state index >= 15 is 0 Å². The molecule has 0 aromatic heterocycles. The van der Waals surface area contributed by atoms with Crippen molar-refractivity contribution in [2.75, 3.05) is 0 Å². The van der Waals surface area contributed by atoms with Crippen LogP contribution in [0.15, 0.2) is 24.3 Å². The Labute approximate surface area is 139 Å². The van der Waals surface area contributed by atoms with Crippen LogP contribution >= 0.6 is 0 Å². The Hall–Kier alpha value is -2.48. The zero-order valence-corrected chi connectivity index (χ0v) is 13.8. The van der Waals surface area contributed by atoms with Gasteiger partial charge in [0, 0.05) is 12.2 Å². The van der Waals surface area contributed by atoms with E-state index < -0.39 is 42.0 Å². The molecule has 0 bridgehead atoms. The monoisotopic (exact) mass is 342 g/mol. The first-order chi connectivity index (χ1) is 11.1. The van der Waals surface area contributed by atoms with Gasteiger partial charge in [0.2, 0.25) is 0 Å². The summed E-state index contributed by atoms with van der Waals surface area (Å²) in [5, 5.41) is 17.4. The van der Waals surface area contributed by atoms with Crippen LogP contribution in [0, 0.1) is 0 Å². The van der Waals surface area contributed by atoms with E-state index in [0.29, 0.717) is 12.5 Å². The smallest absolute Gasteiger partial charge is 0.330 e. The number of ketones is 1. The molecule has 0 unspecified atom stereocenters. The van der Waals surface area contributed by atoms with Crippen LogP contribution in [0.1, 0.15) is 33.6 Å². The van der Waals surface area contributed by atoms with Crippen LogP contribution in [0.4, 0.5) is 0 Å². The molecule has 0 saturated heterocycles. The highest BCUT2D eigenvalue weighted by Gasteiger charge is 2.19. The van der Waals surface area contributed by atoms with Crippen molar-refractivity contribution < 1.29 is 38.9 Å². The number of aliphatic hydroxyl groups excluding tert-OH is 1. The van der Waals surface area contributed by atoms with Crippen molar-refractivity contribution in [1.29, 1.82) is 0 Å². The summed E-state index contributed by atoms with van der Waals surface area (Å²) < 4.78 is 9.77. The van der Waals surface area contributed by atoms with Gasteiger partial charge in [-0.25, -0.2) is 9.59 Å². The summed E-state index contributed by atoms with van der Waals surface area (Å²) in [5.74, 6) is -3.38. The molecular formula is C16H22O8. The van der Waals surface area contributed by atoms with E-state index in [4.69, 9.17) is 19.7 Å². The van der Waals surface area contributed by atoms with Gasteiger partial charge in [-0.3, -0.25) is 9.59 Å². The lowest BCUT2D eigenvalue weighted by molar-refractivity contribution is -0.157. The van der Waals surface area contributed by atoms with Gasteiger partial charge in [0.05, 0.1) is 12.5 Å². The molecule has 0 rings (SSSR count). The number of carbonyl (C=O) groups excluding carboxylic acids is 3. The third-order valence-corrected chi connectivity index (χ3v) is 2.60. The number of hydrogen-bond acceptors (Lipinski definition) is 7. The number of aliphatic hydroxyl groups is 1. The number of carboxylic acid groups (broad SMARTS) is 1. The van der Waals surface area contributed by atoms with Gasteiger partial charge in [0.15, 0.2) is 11.9 Å². The van der Waals surface area contributed by atoms with E-state index in [1.165, 1.54) is 19.9 Å². The highest BCUT2D eigenvalue weighted by Crippen LogP contribution is 2.04. The summed E-state index contributed by atoms with van der Waals surface area (Å²) in [5.41, 5.74) is 0. The summed E-state index contributed by atoms with van der Waals surface area (Å²) >= 11 is 0. The van der Waals surface area contributed by atoms with Gasteiger partial charge in [-0.2, -0.15) is 0 Å². The standard InChI is InChI=1S/C16H22O8/c1-10(17)5-4-6-15(21)23-11(2)9-16(22)24-12(3)13(18)7-8-14(19)20/h4,6-8,10-12,17H,5,9H2,1-3H3,(H,19,20)/b6-4+,8-7+/t10-,11-,12-/m0/s1. The summed E-state index contributed by atoms with van der Waals surface area (Å²) in [6, 6.07) is 0. The number of esters is 2. The van der Waals surface area contributed by atoms with Crippen molar-refractivity contribution in [3.63, 3.8) is 0 Å². The van der Waals surface area contributed by atoms with Crippen LogP contribution < -0.4 is 0 Å². The van der Waals surface area contributed by atoms with E-state index in [9.17, 15) is 19.2 Å². The molecule has 0 aromatic carbocycles. The summed E-state index contributed by atoms with van der Waals surface area (Å²) in [4.78, 5) is 44.8. The van der Waals surface area contributed by atoms with E-state index in [1.807, 2.05) is 0 Å². The Morgan fingerprint density at radius 1 is 1.00 bits per heavy atom. The first kappa shape index (κ1) is 21.5. The maximum absolute atomic E-state index is 11.6. The lowest BCUT2D eigenvalue weighted by atomic mass is 10.2. The van der Waals surface area contributed by atoms with Crippen LogP contribution in [-0.2, 0) is 28.7 Å². The van der Waals surface area contributed by atoms with Gasteiger partial charge < -0.3 is 19.7 Å². The second-order valence-electron chi connectivity index (χ2n) is 5.14. The number of rotatable bonds is 10. The summed E-state index contributed by atoms with van der Waals surface area (Å²) in [7, 11) is 0. The molecule has 0 aliphatic carbocycles.